The van der Waals surface area contributed by atoms with Crippen molar-refractivity contribution in [1.82, 2.24) is 50.4 Å². The van der Waals surface area contributed by atoms with Crippen molar-refractivity contribution in [3.63, 3.8) is 0 Å². The molecular formula is C37H24ClF18N13. The Morgan fingerprint density at radius 1 is 0.478 bits per heavy atom. The lowest BCUT2D eigenvalue weighted by Gasteiger charge is -2.23. The van der Waals surface area contributed by atoms with E-state index in [2.05, 4.69) is 40.8 Å². The molecule has 4 aromatic heterocycles. The smallest absolute Gasteiger partial charge is 0.329 e. The van der Waals surface area contributed by atoms with Crippen LogP contribution in [0.2, 0.25) is 5.15 Å². The van der Waals surface area contributed by atoms with Gasteiger partial charge in [-0.2, -0.15) is 93.9 Å². The Morgan fingerprint density at radius 2 is 0.812 bits per heavy atom. The van der Waals surface area contributed by atoms with Gasteiger partial charge in [0.15, 0.2) is 0 Å². The minimum atomic E-state index is -5.11. The molecular weight excluding hydrogens is 1000 g/mol. The summed E-state index contributed by atoms with van der Waals surface area (Å²) in [5, 5.41) is 30.9. The SMILES string of the molecule is Cn1nnc(N(Cc2cc(C(F)(F)F)cc(C(F)(F)F)c2)Cc2cc(C(F)(F)F)cnc2C#N)n1.Cn1nnc(N(Cc2cc(C(F)(F)F)cc(C(F)(F)F)c2)Cc2cc(C(F)(F)F)cnc2Cl)n1. The lowest BCUT2D eigenvalue weighted by Crippen LogP contribution is -2.25. The standard InChI is InChI=1S/C19H12F9N7.C18H12ClF9N6/c1-34-32-16(31-33-34)35(9-11-4-14(19(26,27)28)7-30-15(11)6-29)8-10-2-12(17(20,21)22)5-13(3-10)18(23,24)25;1-33-31-15(30-32-33)34(8-10-4-13(18(26,27)28)6-29-14(10)19)7-9-2-11(16(20,21)22)5-12(3-9)17(23,24)25/h2-5,7H,8-9H2,1H3;2-6H,7-8H2,1H3. The van der Waals surface area contributed by atoms with Crippen LogP contribution in [0.15, 0.2) is 60.9 Å². The molecule has 2 aromatic carbocycles. The van der Waals surface area contributed by atoms with Crippen LogP contribution in [-0.2, 0) is 77.3 Å². The number of nitriles is 1. The average Bonchev–Trinajstić information content (AvgIpc) is 3.87. The van der Waals surface area contributed by atoms with Crippen molar-refractivity contribution in [3.8, 4) is 6.07 Å². The molecule has 0 unspecified atom stereocenters. The van der Waals surface area contributed by atoms with Gasteiger partial charge in [0.2, 0.25) is 0 Å². The van der Waals surface area contributed by atoms with E-state index in [1.807, 2.05) is 0 Å². The van der Waals surface area contributed by atoms with Gasteiger partial charge in [-0.05, 0) is 70.1 Å². The van der Waals surface area contributed by atoms with Gasteiger partial charge in [-0.3, -0.25) is 0 Å². The highest BCUT2D eigenvalue weighted by Crippen LogP contribution is 2.39. The Hall–Kier alpha value is -7.00. The summed E-state index contributed by atoms with van der Waals surface area (Å²) in [6.45, 7) is -2.48. The first-order chi connectivity index (χ1) is 31.6. The highest BCUT2D eigenvalue weighted by molar-refractivity contribution is 6.30. The largest absolute Gasteiger partial charge is 0.417 e. The summed E-state index contributed by atoms with van der Waals surface area (Å²) < 4.78 is 237. The Balaban J connectivity index is 0.000000258. The maximum Gasteiger partial charge on any atom is 0.417 e. The minimum Gasteiger partial charge on any atom is -0.329 e. The number of halogens is 19. The lowest BCUT2D eigenvalue weighted by atomic mass is 10.0. The van der Waals surface area contributed by atoms with Crippen LogP contribution < -0.4 is 9.80 Å². The summed E-state index contributed by atoms with van der Waals surface area (Å²) >= 11 is 5.89. The van der Waals surface area contributed by atoms with Gasteiger partial charge in [0.1, 0.15) is 16.9 Å². The van der Waals surface area contributed by atoms with Crippen molar-refractivity contribution in [2.45, 2.75) is 63.2 Å². The van der Waals surface area contributed by atoms with E-state index in [1.54, 1.807) is 6.07 Å². The quantitative estimate of drug-likeness (QED) is 0.0956. The molecule has 0 saturated heterocycles. The van der Waals surface area contributed by atoms with Gasteiger partial charge in [0.25, 0.3) is 11.9 Å². The zero-order chi connectivity index (χ0) is 51.7. The first kappa shape index (κ1) is 53.0. The van der Waals surface area contributed by atoms with E-state index >= 15 is 0 Å². The Morgan fingerprint density at radius 3 is 1.13 bits per heavy atom. The summed E-state index contributed by atoms with van der Waals surface area (Å²) in [6.07, 6.45) is -29.1. The molecule has 0 spiro atoms. The Bertz CT molecular complexity index is 2740. The van der Waals surface area contributed by atoms with Crippen molar-refractivity contribution in [1.29, 1.82) is 5.26 Å². The number of nitrogens with zero attached hydrogens (tertiary/aromatic N) is 13. The summed E-state index contributed by atoms with van der Waals surface area (Å²) in [4.78, 5) is 10.8. The number of aryl methyl sites for hydroxylation is 2. The van der Waals surface area contributed by atoms with E-state index in [4.69, 9.17) is 11.6 Å². The van der Waals surface area contributed by atoms with E-state index in [0.29, 0.717) is 48.8 Å². The number of anilines is 2. The van der Waals surface area contributed by atoms with Gasteiger partial charge < -0.3 is 9.80 Å². The van der Waals surface area contributed by atoms with Crippen molar-refractivity contribution < 1.29 is 79.0 Å². The third-order valence-electron chi connectivity index (χ3n) is 8.96. The first-order valence-corrected chi connectivity index (χ1v) is 18.7. The fourth-order valence-corrected chi connectivity index (χ4v) is 6.08. The first-order valence-electron chi connectivity index (χ1n) is 18.3. The maximum absolute atomic E-state index is 13.2. The second kappa shape index (κ2) is 19.5. The summed E-state index contributed by atoms with van der Waals surface area (Å²) in [5.74, 6) is -0.596. The normalized spacial score (nSPS) is 12.6. The van der Waals surface area contributed by atoms with Crippen molar-refractivity contribution in [3.05, 3.63) is 127 Å². The molecule has 0 radical (unpaired) electrons. The van der Waals surface area contributed by atoms with Gasteiger partial charge >= 0.3 is 37.1 Å². The molecule has 4 heterocycles. The van der Waals surface area contributed by atoms with Crippen LogP contribution in [0.5, 0.6) is 0 Å². The van der Waals surface area contributed by atoms with Crippen molar-refractivity contribution >= 4 is 23.5 Å². The molecule has 0 aliphatic heterocycles. The van der Waals surface area contributed by atoms with Gasteiger partial charge in [0.05, 0.1) is 47.5 Å². The molecule has 0 bridgehead atoms. The molecule has 69 heavy (non-hydrogen) atoms. The number of aromatic nitrogens is 10. The second-order valence-corrected chi connectivity index (χ2v) is 14.6. The molecule has 0 N–H and O–H groups in total. The van der Waals surface area contributed by atoms with Crippen LogP contribution in [-0.4, -0.2) is 50.4 Å². The fraction of sp³-hybridized carbons (Fsp3) is 0.324. The van der Waals surface area contributed by atoms with E-state index in [0.717, 1.165) is 19.4 Å². The van der Waals surface area contributed by atoms with Crippen LogP contribution in [0.3, 0.4) is 0 Å². The predicted molar refractivity (Wildman–Crippen MR) is 198 cm³/mol. The van der Waals surface area contributed by atoms with E-state index in [1.165, 1.54) is 14.1 Å². The Kier molecular flexibility index (Phi) is 15.0. The van der Waals surface area contributed by atoms with Gasteiger partial charge in [0, 0.05) is 49.7 Å². The third kappa shape index (κ3) is 14.0. The molecule has 0 saturated carbocycles. The monoisotopic (exact) mass is 1030 g/mol. The van der Waals surface area contributed by atoms with Gasteiger partial charge in [-0.25, -0.2) is 9.97 Å². The number of rotatable bonds is 10. The minimum absolute atomic E-state index is 0.0397. The molecule has 0 fully saturated rings. The molecule has 6 rings (SSSR count). The number of hydrogen-bond acceptors (Lipinski definition) is 11. The van der Waals surface area contributed by atoms with E-state index in [-0.39, 0.29) is 40.3 Å². The zero-order valence-electron chi connectivity index (χ0n) is 34.1. The second-order valence-electron chi connectivity index (χ2n) is 14.2. The summed E-state index contributed by atoms with van der Waals surface area (Å²) in [5.41, 5.74) is -10.5. The van der Waals surface area contributed by atoms with Crippen molar-refractivity contribution in [2.75, 3.05) is 9.80 Å². The molecule has 0 aliphatic carbocycles. The maximum atomic E-state index is 13.2. The number of hydrogen-bond donors (Lipinski definition) is 0. The number of pyridine rings is 2. The van der Waals surface area contributed by atoms with Crippen molar-refractivity contribution in [2.24, 2.45) is 14.1 Å². The van der Waals surface area contributed by atoms with Crippen LogP contribution in [0.25, 0.3) is 0 Å². The summed E-state index contributed by atoms with van der Waals surface area (Å²) in [6, 6.07) is 4.67. The van der Waals surface area contributed by atoms with Crippen LogP contribution in [0, 0.1) is 11.3 Å². The molecule has 32 heteroatoms. The third-order valence-corrected chi connectivity index (χ3v) is 9.30. The molecule has 6 aromatic rings. The van der Waals surface area contributed by atoms with E-state index < -0.39 is 113 Å². The van der Waals surface area contributed by atoms with Crippen LogP contribution in [0.4, 0.5) is 90.9 Å². The topological polar surface area (TPSA) is 143 Å². The molecule has 0 aliphatic rings. The zero-order valence-corrected chi connectivity index (χ0v) is 34.9. The van der Waals surface area contributed by atoms with Gasteiger partial charge in [-0.1, -0.05) is 21.8 Å². The van der Waals surface area contributed by atoms with Crippen LogP contribution in [0.1, 0.15) is 61.3 Å². The molecule has 0 atom stereocenters. The van der Waals surface area contributed by atoms with Crippen LogP contribution >= 0.6 is 11.6 Å². The number of benzene rings is 2. The molecule has 13 nitrogen and oxygen atoms in total. The highest BCUT2D eigenvalue weighted by Gasteiger charge is 2.39. The predicted octanol–water partition coefficient (Wildman–Crippen LogP) is 10.3. The highest BCUT2D eigenvalue weighted by atomic mass is 35.5. The Labute approximate surface area is 378 Å². The number of alkyl halides is 18. The fourth-order valence-electron chi connectivity index (χ4n) is 5.92. The summed E-state index contributed by atoms with van der Waals surface area (Å²) in [7, 11) is 2.65. The van der Waals surface area contributed by atoms with E-state index in [9.17, 15) is 84.3 Å². The molecule has 370 valence electrons. The number of tetrazole rings is 2. The van der Waals surface area contributed by atoms with Gasteiger partial charge in [-0.15, -0.1) is 10.2 Å². The molecule has 0 amide bonds. The lowest BCUT2D eigenvalue weighted by molar-refractivity contribution is -0.144. The average molecular weight is 1030 g/mol.